The summed E-state index contributed by atoms with van der Waals surface area (Å²) in [6, 6.07) is 0. The van der Waals surface area contributed by atoms with Crippen LogP contribution in [-0.4, -0.2) is 31.0 Å². The van der Waals surface area contributed by atoms with Crippen LogP contribution in [0.1, 0.15) is 19.3 Å². The lowest BCUT2D eigenvalue weighted by atomic mass is 9.77. The lowest BCUT2D eigenvalue weighted by molar-refractivity contribution is -0.366. The Hall–Kier alpha value is -0.740. The minimum Gasteiger partial charge on any atom is -0.311 e. The number of halogens is 10. The van der Waals surface area contributed by atoms with Crippen LogP contribution in [0, 0.1) is 11.8 Å². The summed E-state index contributed by atoms with van der Waals surface area (Å²) in [4.78, 5) is 0. The predicted molar refractivity (Wildman–Crippen MR) is 48.8 cm³/mol. The first-order valence-corrected chi connectivity index (χ1v) is 5.74. The molecule has 0 aromatic rings. The highest BCUT2D eigenvalue weighted by Gasteiger charge is 2.60. The monoisotopic (exact) mass is 336 g/mol. The zero-order chi connectivity index (χ0) is 16.6. The highest BCUT2D eigenvalue weighted by Crippen LogP contribution is 2.49. The van der Waals surface area contributed by atoms with Gasteiger partial charge < -0.3 is 4.74 Å². The van der Waals surface area contributed by atoms with Crippen LogP contribution in [0.15, 0.2) is 0 Å². The lowest BCUT2D eigenvalue weighted by Gasteiger charge is -2.40. The van der Waals surface area contributed by atoms with Crippen LogP contribution in [0.3, 0.4) is 0 Å². The molecule has 0 bridgehead atoms. The first kappa shape index (κ1) is 18.3. The molecule has 11 heteroatoms. The van der Waals surface area contributed by atoms with E-state index in [0.717, 1.165) is 0 Å². The Bertz CT molecular complexity index is 325. The van der Waals surface area contributed by atoms with Crippen LogP contribution < -0.4 is 0 Å². The van der Waals surface area contributed by atoms with Gasteiger partial charge >= 0.3 is 24.9 Å². The van der Waals surface area contributed by atoms with Crippen LogP contribution in [-0.2, 0) is 4.74 Å². The number of hydrogen-bond donors (Lipinski definition) is 0. The van der Waals surface area contributed by atoms with Gasteiger partial charge in [-0.15, -0.1) is 0 Å². The number of alkyl halides is 10. The second kappa shape index (κ2) is 5.81. The maximum atomic E-state index is 12.7. The molecule has 0 heterocycles. The third-order valence-corrected chi connectivity index (χ3v) is 3.21. The second-order valence-electron chi connectivity index (χ2n) is 4.67. The Morgan fingerprint density at radius 3 is 1.43 bits per heavy atom. The molecular formula is C10H10F10O. The molecule has 21 heavy (non-hydrogen) atoms. The highest BCUT2D eigenvalue weighted by atomic mass is 19.4. The van der Waals surface area contributed by atoms with Gasteiger partial charge in [0.2, 0.25) is 0 Å². The molecule has 1 saturated carbocycles. The van der Waals surface area contributed by atoms with E-state index in [2.05, 4.69) is 4.74 Å². The van der Waals surface area contributed by atoms with Crippen molar-refractivity contribution in [1.82, 2.24) is 0 Å². The van der Waals surface area contributed by atoms with Gasteiger partial charge in [0, 0.05) is 0 Å². The molecule has 1 fully saturated rings. The minimum atomic E-state index is -5.38. The third-order valence-electron chi connectivity index (χ3n) is 3.21. The van der Waals surface area contributed by atoms with E-state index in [4.69, 9.17) is 0 Å². The fourth-order valence-electron chi connectivity index (χ4n) is 2.26. The first-order valence-electron chi connectivity index (χ1n) is 5.74. The zero-order valence-corrected chi connectivity index (χ0v) is 10.1. The zero-order valence-electron chi connectivity index (χ0n) is 10.1. The molecule has 0 spiro atoms. The third kappa shape index (κ3) is 4.36. The Kier molecular flexibility index (Phi) is 5.06. The van der Waals surface area contributed by atoms with Crippen molar-refractivity contribution in [2.75, 3.05) is 0 Å². The van der Waals surface area contributed by atoms with Crippen LogP contribution in [0.2, 0.25) is 0 Å². The van der Waals surface area contributed by atoms with Gasteiger partial charge in [-0.25, -0.2) is 8.78 Å². The molecule has 0 saturated heterocycles. The SMILES string of the molecule is FC(F)C(F)(F)OC1C(C(F)(F)F)CCCC1C(F)(F)F. The quantitative estimate of drug-likeness (QED) is 0.675. The average Bonchev–Trinajstić information content (AvgIpc) is 2.25. The summed E-state index contributed by atoms with van der Waals surface area (Å²) in [7, 11) is 0. The van der Waals surface area contributed by atoms with E-state index in [-0.39, 0.29) is 0 Å². The molecular weight excluding hydrogens is 326 g/mol. The number of hydrogen-bond acceptors (Lipinski definition) is 1. The molecule has 0 amide bonds. The summed E-state index contributed by atoms with van der Waals surface area (Å²) in [5.74, 6) is -5.75. The van der Waals surface area contributed by atoms with E-state index in [1.807, 2.05) is 0 Å². The molecule has 126 valence electrons. The number of ether oxygens (including phenoxy) is 1. The predicted octanol–water partition coefficient (Wildman–Crippen LogP) is 4.77. The molecule has 2 atom stereocenters. The van der Waals surface area contributed by atoms with Crippen LogP contribution in [0.4, 0.5) is 43.9 Å². The molecule has 1 aliphatic carbocycles. The van der Waals surface area contributed by atoms with Gasteiger partial charge in [0.1, 0.15) is 0 Å². The van der Waals surface area contributed by atoms with Crippen molar-refractivity contribution < 1.29 is 48.6 Å². The molecule has 1 rings (SSSR count). The maximum absolute atomic E-state index is 12.7. The molecule has 2 unspecified atom stereocenters. The molecule has 1 nitrogen and oxygen atoms in total. The largest absolute Gasteiger partial charge is 0.416 e. The van der Waals surface area contributed by atoms with Gasteiger partial charge in [-0.05, 0) is 12.8 Å². The van der Waals surface area contributed by atoms with Crippen molar-refractivity contribution >= 4 is 0 Å². The summed E-state index contributed by atoms with van der Waals surface area (Å²) >= 11 is 0. The summed E-state index contributed by atoms with van der Waals surface area (Å²) in [5.41, 5.74) is 0. The van der Waals surface area contributed by atoms with E-state index < -0.39 is 62.1 Å². The Morgan fingerprint density at radius 1 is 0.762 bits per heavy atom. The van der Waals surface area contributed by atoms with Gasteiger partial charge in [-0.2, -0.15) is 35.1 Å². The van der Waals surface area contributed by atoms with Crippen molar-refractivity contribution in [3.8, 4) is 0 Å². The fraction of sp³-hybridized carbons (Fsp3) is 1.00. The molecule has 0 N–H and O–H groups in total. The fourth-order valence-corrected chi connectivity index (χ4v) is 2.26. The van der Waals surface area contributed by atoms with E-state index in [0.29, 0.717) is 0 Å². The van der Waals surface area contributed by atoms with Crippen molar-refractivity contribution in [3.63, 3.8) is 0 Å². The molecule has 0 aromatic heterocycles. The van der Waals surface area contributed by atoms with Crippen LogP contribution in [0.25, 0.3) is 0 Å². The second-order valence-corrected chi connectivity index (χ2v) is 4.67. The molecule has 0 radical (unpaired) electrons. The van der Waals surface area contributed by atoms with Gasteiger partial charge in [0.05, 0.1) is 17.9 Å². The van der Waals surface area contributed by atoms with Crippen LogP contribution in [0.5, 0.6) is 0 Å². The van der Waals surface area contributed by atoms with Crippen molar-refractivity contribution in [2.24, 2.45) is 11.8 Å². The topological polar surface area (TPSA) is 9.23 Å². The van der Waals surface area contributed by atoms with E-state index >= 15 is 0 Å². The van der Waals surface area contributed by atoms with Crippen molar-refractivity contribution in [2.45, 2.75) is 50.3 Å². The Morgan fingerprint density at radius 2 is 1.14 bits per heavy atom. The van der Waals surface area contributed by atoms with Gasteiger partial charge in [-0.1, -0.05) is 6.42 Å². The number of rotatable bonds is 3. The smallest absolute Gasteiger partial charge is 0.311 e. The maximum Gasteiger partial charge on any atom is 0.416 e. The first-order chi connectivity index (χ1) is 9.27. The van der Waals surface area contributed by atoms with Gasteiger partial charge in [0.15, 0.2) is 0 Å². The van der Waals surface area contributed by atoms with E-state index in [9.17, 15) is 43.9 Å². The normalized spacial score (nSPS) is 29.0. The molecule has 0 aromatic carbocycles. The Balaban J connectivity index is 3.11. The average molecular weight is 336 g/mol. The van der Waals surface area contributed by atoms with Crippen molar-refractivity contribution in [1.29, 1.82) is 0 Å². The summed E-state index contributed by atoms with van der Waals surface area (Å²) < 4.78 is 129. The Labute approximate surface area is 112 Å². The molecule has 0 aliphatic heterocycles. The lowest BCUT2D eigenvalue weighted by Crippen LogP contribution is -2.52. The van der Waals surface area contributed by atoms with Crippen molar-refractivity contribution in [3.05, 3.63) is 0 Å². The minimum absolute atomic E-state index is 0.519. The van der Waals surface area contributed by atoms with E-state index in [1.165, 1.54) is 0 Å². The standard InChI is InChI=1S/C10H10F10O/c11-7(12)10(19,20)21-6-4(8(13,14)15)2-1-3-5(6)9(16,17)18/h4-7H,1-3H2. The summed E-state index contributed by atoms with van der Waals surface area (Å²) in [6.45, 7) is 0. The summed E-state index contributed by atoms with van der Waals surface area (Å²) in [5, 5.41) is 0. The highest BCUT2D eigenvalue weighted by molar-refractivity contribution is 4.91. The van der Waals surface area contributed by atoms with Gasteiger partial charge in [0.25, 0.3) is 0 Å². The van der Waals surface area contributed by atoms with Crippen LogP contribution >= 0.6 is 0 Å². The van der Waals surface area contributed by atoms with Gasteiger partial charge in [-0.3, -0.25) is 0 Å². The summed E-state index contributed by atoms with van der Waals surface area (Å²) in [6.07, 6.45) is -25.8. The van der Waals surface area contributed by atoms with E-state index in [1.54, 1.807) is 0 Å². The molecule has 1 aliphatic rings.